The van der Waals surface area contributed by atoms with Gasteiger partial charge < -0.3 is 9.64 Å². The van der Waals surface area contributed by atoms with Crippen LogP contribution in [0.25, 0.3) is 0 Å². The molecule has 0 aromatic carbocycles. The van der Waals surface area contributed by atoms with E-state index in [1.807, 2.05) is 6.20 Å². The van der Waals surface area contributed by atoms with Gasteiger partial charge in [-0.05, 0) is 11.6 Å². The van der Waals surface area contributed by atoms with Crippen molar-refractivity contribution in [2.24, 2.45) is 0 Å². The first-order valence-corrected chi connectivity index (χ1v) is 6.26. The molecule has 1 saturated heterocycles. The Morgan fingerprint density at radius 3 is 2.71 bits per heavy atom. The van der Waals surface area contributed by atoms with Crippen molar-refractivity contribution in [1.82, 2.24) is 4.98 Å². The molecule has 0 spiro atoms. The highest BCUT2D eigenvalue weighted by atomic mass is 127. The molecule has 0 bridgehead atoms. The number of hydrogen-bond donors (Lipinski definition) is 0. The van der Waals surface area contributed by atoms with E-state index in [0.717, 1.165) is 36.5 Å². The van der Waals surface area contributed by atoms with E-state index in [2.05, 4.69) is 44.6 Å². The second-order valence-corrected chi connectivity index (χ2v) is 4.02. The standard InChI is InChI=1S/C10H13IN2O/c11-7-9-1-2-10(12-8-9)13-3-5-14-6-4-13/h1-2,8H,3-7H2. The first kappa shape index (κ1) is 10.2. The molecule has 76 valence electrons. The molecule has 0 atom stereocenters. The number of hydrogen-bond acceptors (Lipinski definition) is 3. The summed E-state index contributed by atoms with van der Waals surface area (Å²) in [7, 11) is 0. The van der Waals surface area contributed by atoms with E-state index in [1.54, 1.807) is 0 Å². The molecule has 0 unspecified atom stereocenters. The quantitative estimate of drug-likeness (QED) is 0.616. The minimum atomic E-state index is 0.815. The third kappa shape index (κ3) is 2.36. The average Bonchev–Trinajstić information content (AvgIpc) is 2.30. The molecule has 3 nitrogen and oxygen atoms in total. The molecule has 2 rings (SSSR count). The third-order valence-corrected chi connectivity index (χ3v) is 3.18. The minimum Gasteiger partial charge on any atom is -0.378 e. The number of ether oxygens (including phenoxy) is 1. The van der Waals surface area contributed by atoms with Gasteiger partial charge in [0.15, 0.2) is 0 Å². The fraction of sp³-hybridized carbons (Fsp3) is 0.500. The zero-order valence-corrected chi connectivity index (χ0v) is 10.1. The largest absolute Gasteiger partial charge is 0.378 e. The summed E-state index contributed by atoms with van der Waals surface area (Å²) in [6.07, 6.45) is 1.96. The Morgan fingerprint density at radius 2 is 2.14 bits per heavy atom. The van der Waals surface area contributed by atoms with Crippen molar-refractivity contribution in [3.05, 3.63) is 23.9 Å². The Hall–Kier alpha value is -0.360. The van der Waals surface area contributed by atoms with Crippen molar-refractivity contribution in [3.63, 3.8) is 0 Å². The number of anilines is 1. The molecule has 0 saturated carbocycles. The van der Waals surface area contributed by atoms with E-state index >= 15 is 0 Å². The number of alkyl halides is 1. The van der Waals surface area contributed by atoms with Gasteiger partial charge in [0.2, 0.25) is 0 Å². The van der Waals surface area contributed by atoms with Crippen LogP contribution in [0.2, 0.25) is 0 Å². The maximum absolute atomic E-state index is 5.30. The SMILES string of the molecule is ICc1ccc(N2CCOCC2)nc1. The molecule has 1 aromatic heterocycles. The molecule has 2 heterocycles. The summed E-state index contributed by atoms with van der Waals surface area (Å²) in [4.78, 5) is 6.70. The predicted molar refractivity (Wildman–Crippen MR) is 65.0 cm³/mol. The van der Waals surface area contributed by atoms with Crippen molar-refractivity contribution in [2.75, 3.05) is 31.2 Å². The number of morpholine rings is 1. The van der Waals surface area contributed by atoms with Gasteiger partial charge in [0.25, 0.3) is 0 Å². The molecule has 14 heavy (non-hydrogen) atoms. The number of pyridine rings is 1. The lowest BCUT2D eigenvalue weighted by atomic mass is 10.3. The Labute approximate surface area is 97.6 Å². The lowest BCUT2D eigenvalue weighted by Gasteiger charge is -2.27. The van der Waals surface area contributed by atoms with Crippen LogP contribution < -0.4 is 4.90 Å². The summed E-state index contributed by atoms with van der Waals surface area (Å²) < 4.78 is 6.32. The summed E-state index contributed by atoms with van der Waals surface area (Å²) in [5.41, 5.74) is 1.28. The van der Waals surface area contributed by atoms with E-state index in [4.69, 9.17) is 4.74 Å². The lowest BCUT2D eigenvalue weighted by Crippen LogP contribution is -2.36. The van der Waals surface area contributed by atoms with Crippen molar-refractivity contribution in [3.8, 4) is 0 Å². The number of rotatable bonds is 2. The van der Waals surface area contributed by atoms with Crippen LogP contribution >= 0.6 is 22.6 Å². The first-order chi connectivity index (χ1) is 6.90. The monoisotopic (exact) mass is 304 g/mol. The van der Waals surface area contributed by atoms with Crippen molar-refractivity contribution < 1.29 is 4.74 Å². The summed E-state index contributed by atoms with van der Waals surface area (Å²) in [6.45, 7) is 3.54. The van der Waals surface area contributed by atoms with E-state index in [1.165, 1.54) is 5.56 Å². The summed E-state index contributed by atoms with van der Waals surface area (Å²) in [5.74, 6) is 1.07. The van der Waals surface area contributed by atoms with Gasteiger partial charge in [-0.1, -0.05) is 28.7 Å². The maximum Gasteiger partial charge on any atom is 0.128 e. The van der Waals surface area contributed by atoms with E-state index in [0.29, 0.717) is 0 Å². The van der Waals surface area contributed by atoms with Gasteiger partial charge in [0.1, 0.15) is 5.82 Å². The molecule has 0 aliphatic carbocycles. The zero-order valence-electron chi connectivity index (χ0n) is 7.95. The molecule has 0 amide bonds. The molecule has 1 aliphatic heterocycles. The highest BCUT2D eigenvalue weighted by molar-refractivity contribution is 14.1. The zero-order chi connectivity index (χ0) is 9.80. The predicted octanol–water partition coefficient (Wildman–Crippen LogP) is 1.85. The molecule has 1 aliphatic rings. The Morgan fingerprint density at radius 1 is 1.36 bits per heavy atom. The normalized spacial score (nSPS) is 17.1. The molecule has 1 fully saturated rings. The van der Waals surface area contributed by atoms with Crippen LogP contribution in [0.4, 0.5) is 5.82 Å². The minimum absolute atomic E-state index is 0.815. The highest BCUT2D eigenvalue weighted by Crippen LogP contribution is 2.14. The maximum atomic E-state index is 5.30. The number of nitrogens with zero attached hydrogens (tertiary/aromatic N) is 2. The average molecular weight is 304 g/mol. The van der Waals surface area contributed by atoms with Gasteiger partial charge in [0.05, 0.1) is 13.2 Å². The van der Waals surface area contributed by atoms with Crippen LogP contribution in [0.15, 0.2) is 18.3 Å². The van der Waals surface area contributed by atoms with E-state index in [-0.39, 0.29) is 0 Å². The van der Waals surface area contributed by atoms with Crippen LogP contribution in [0, 0.1) is 0 Å². The van der Waals surface area contributed by atoms with Crippen molar-refractivity contribution in [1.29, 1.82) is 0 Å². The van der Waals surface area contributed by atoms with Crippen LogP contribution in [-0.4, -0.2) is 31.3 Å². The Bertz CT molecular complexity index is 283. The summed E-state index contributed by atoms with van der Waals surface area (Å²) >= 11 is 2.35. The fourth-order valence-corrected chi connectivity index (χ4v) is 1.93. The van der Waals surface area contributed by atoms with Crippen molar-refractivity contribution in [2.45, 2.75) is 4.43 Å². The molecule has 1 aromatic rings. The van der Waals surface area contributed by atoms with Crippen LogP contribution in [-0.2, 0) is 9.16 Å². The molecule has 4 heteroatoms. The topological polar surface area (TPSA) is 25.4 Å². The van der Waals surface area contributed by atoms with Crippen LogP contribution in [0.5, 0.6) is 0 Å². The Kier molecular flexibility index (Phi) is 3.58. The van der Waals surface area contributed by atoms with Gasteiger partial charge in [-0.2, -0.15) is 0 Å². The van der Waals surface area contributed by atoms with Gasteiger partial charge in [-0.3, -0.25) is 0 Å². The summed E-state index contributed by atoms with van der Waals surface area (Å²) in [5, 5.41) is 0. The lowest BCUT2D eigenvalue weighted by molar-refractivity contribution is 0.122. The fourth-order valence-electron chi connectivity index (χ4n) is 1.48. The van der Waals surface area contributed by atoms with Crippen LogP contribution in [0.3, 0.4) is 0 Å². The molecular formula is C10H13IN2O. The van der Waals surface area contributed by atoms with Gasteiger partial charge in [-0.15, -0.1) is 0 Å². The highest BCUT2D eigenvalue weighted by Gasteiger charge is 2.11. The summed E-state index contributed by atoms with van der Waals surface area (Å²) in [6, 6.07) is 4.24. The molecule has 0 radical (unpaired) electrons. The second-order valence-electron chi connectivity index (χ2n) is 3.26. The van der Waals surface area contributed by atoms with Crippen molar-refractivity contribution >= 4 is 28.4 Å². The Balaban J connectivity index is 2.07. The van der Waals surface area contributed by atoms with Gasteiger partial charge >= 0.3 is 0 Å². The number of halogens is 1. The molecule has 0 N–H and O–H groups in total. The van der Waals surface area contributed by atoms with Crippen LogP contribution in [0.1, 0.15) is 5.56 Å². The molecular weight excluding hydrogens is 291 g/mol. The third-order valence-electron chi connectivity index (χ3n) is 2.30. The van der Waals surface area contributed by atoms with Gasteiger partial charge in [0, 0.05) is 23.7 Å². The van der Waals surface area contributed by atoms with Gasteiger partial charge in [-0.25, -0.2) is 4.98 Å². The van der Waals surface area contributed by atoms with E-state index in [9.17, 15) is 0 Å². The first-order valence-electron chi connectivity index (χ1n) is 4.74. The number of aromatic nitrogens is 1. The smallest absolute Gasteiger partial charge is 0.128 e. The van der Waals surface area contributed by atoms with E-state index < -0.39 is 0 Å². The second kappa shape index (κ2) is 4.93.